The number of halogens is 4. The maximum absolute atomic E-state index is 13.1. The standard InChI is InChI=1S/C21H20ClF3N2O5S2/c1-33(28,29)27-9-6-13(7-10-27)19-16-5-4-15(22)11-14(16)12-18(17-3-2-8-26-20(17)19)32-34(30,31)21(23,24)25/h2-5,8,11-13,19H,6-7,9-10H2,1H3. The number of hydrogen-bond donors (Lipinski definition) is 0. The Balaban J connectivity index is 1.84. The second-order valence-corrected chi connectivity index (χ2v) is 12.1. The molecule has 4 rings (SSSR count). The zero-order valence-corrected chi connectivity index (χ0v) is 20.2. The van der Waals surface area contributed by atoms with Crippen LogP contribution in [0.5, 0.6) is 0 Å². The monoisotopic (exact) mass is 536 g/mol. The van der Waals surface area contributed by atoms with Crippen molar-refractivity contribution in [3.05, 3.63) is 63.9 Å². The van der Waals surface area contributed by atoms with Crippen LogP contribution in [0.1, 0.15) is 41.1 Å². The molecule has 0 radical (unpaired) electrons. The van der Waals surface area contributed by atoms with E-state index >= 15 is 0 Å². The number of sulfonamides is 1. The zero-order valence-electron chi connectivity index (χ0n) is 17.8. The Kier molecular flexibility index (Phi) is 6.47. The first-order chi connectivity index (χ1) is 15.8. The minimum atomic E-state index is -5.94. The molecule has 2 aliphatic rings. The van der Waals surface area contributed by atoms with E-state index in [1.54, 1.807) is 12.1 Å². The molecule has 1 aliphatic heterocycles. The molecule has 13 heteroatoms. The van der Waals surface area contributed by atoms with Crippen molar-refractivity contribution < 1.29 is 34.2 Å². The van der Waals surface area contributed by atoms with Crippen molar-refractivity contribution in [1.29, 1.82) is 0 Å². The number of aromatic nitrogens is 1. The first kappa shape index (κ1) is 25.0. The number of alkyl halides is 3. The molecule has 2 heterocycles. The molecule has 1 aliphatic carbocycles. The molecule has 0 spiro atoms. The molecule has 1 aromatic carbocycles. The van der Waals surface area contributed by atoms with E-state index in [0.29, 0.717) is 34.7 Å². The summed E-state index contributed by atoms with van der Waals surface area (Å²) in [6.45, 7) is 0.564. The zero-order chi connectivity index (χ0) is 24.9. The third kappa shape index (κ3) is 4.81. The number of rotatable bonds is 4. The van der Waals surface area contributed by atoms with Crippen molar-refractivity contribution >= 4 is 43.6 Å². The van der Waals surface area contributed by atoms with Crippen molar-refractivity contribution in [2.45, 2.75) is 24.3 Å². The fraction of sp³-hybridized carbons (Fsp3) is 0.381. The summed E-state index contributed by atoms with van der Waals surface area (Å²) in [5.74, 6) is -1.07. The number of fused-ring (bicyclic) bond motifs is 2. The smallest absolute Gasteiger partial charge is 0.375 e. The van der Waals surface area contributed by atoms with E-state index in [4.69, 9.17) is 11.6 Å². The predicted molar refractivity (Wildman–Crippen MR) is 121 cm³/mol. The van der Waals surface area contributed by atoms with Gasteiger partial charge in [0.15, 0.2) is 5.76 Å². The first-order valence-electron chi connectivity index (χ1n) is 10.2. The highest BCUT2D eigenvalue weighted by molar-refractivity contribution is 7.88. The second kappa shape index (κ2) is 8.81. The van der Waals surface area contributed by atoms with Crippen LogP contribution in [0.2, 0.25) is 5.02 Å². The molecule has 1 aromatic heterocycles. The highest BCUT2D eigenvalue weighted by atomic mass is 35.5. The van der Waals surface area contributed by atoms with Gasteiger partial charge in [-0.1, -0.05) is 17.7 Å². The van der Waals surface area contributed by atoms with Gasteiger partial charge in [0.05, 0.1) is 11.9 Å². The summed E-state index contributed by atoms with van der Waals surface area (Å²) >= 11 is 6.14. The largest absolute Gasteiger partial charge is 0.534 e. The Morgan fingerprint density at radius 1 is 1.12 bits per heavy atom. The minimum Gasteiger partial charge on any atom is -0.375 e. The third-order valence-electron chi connectivity index (χ3n) is 5.99. The maximum Gasteiger partial charge on any atom is 0.534 e. The lowest BCUT2D eigenvalue weighted by atomic mass is 9.76. The molecular weight excluding hydrogens is 517 g/mol. The summed E-state index contributed by atoms with van der Waals surface area (Å²) in [6, 6.07) is 7.80. The molecule has 0 saturated carbocycles. The van der Waals surface area contributed by atoms with Gasteiger partial charge in [-0.05, 0) is 60.2 Å². The van der Waals surface area contributed by atoms with Gasteiger partial charge in [0.25, 0.3) is 0 Å². The van der Waals surface area contributed by atoms with Crippen molar-refractivity contribution in [3.8, 4) is 0 Å². The average molecular weight is 537 g/mol. The molecule has 0 N–H and O–H groups in total. The van der Waals surface area contributed by atoms with E-state index < -0.39 is 37.3 Å². The van der Waals surface area contributed by atoms with E-state index in [-0.39, 0.29) is 24.6 Å². The molecule has 1 unspecified atom stereocenters. The molecule has 2 aromatic rings. The minimum absolute atomic E-state index is 0.109. The Bertz CT molecular complexity index is 1350. The molecule has 184 valence electrons. The highest BCUT2D eigenvalue weighted by Crippen LogP contribution is 2.45. The van der Waals surface area contributed by atoms with Crippen molar-refractivity contribution in [1.82, 2.24) is 9.29 Å². The van der Waals surface area contributed by atoms with Crippen LogP contribution in [-0.2, 0) is 24.3 Å². The summed E-state index contributed by atoms with van der Waals surface area (Å²) < 4.78 is 92.8. The van der Waals surface area contributed by atoms with Gasteiger partial charge in [-0.2, -0.15) is 21.6 Å². The number of nitrogens with zero attached hydrogens (tertiary/aromatic N) is 2. The van der Waals surface area contributed by atoms with E-state index in [1.165, 1.54) is 34.8 Å². The Morgan fingerprint density at radius 2 is 1.79 bits per heavy atom. The summed E-state index contributed by atoms with van der Waals surface area (Å²) in [7, 11) is -9.30. The van der Waals surface area contributed by atoms with Crippen LogP contribution in [0.3, 0.4) is 0 Å². The summed E-state index contributed by atoms with van der Waals surface area (Å²) in [6.07, 6.45) is 4.78. The number of piperidine rings is 1. The first-order valence-corrected chi connectivity index (χ1v) is 13.8. The van der Waals surface area contributed by atoms with Crippen LogP contribution >= 0.6 is 11.6 Å². The van der Waals surface area contributed by atoms with E-state index in [2.05, 4.69) is 9.17 Å². The summed E-state index contributed by atoms with van der Waals surface area (Å²) in [5.41, 5.74) is -4.07. The normalized spacial score (nSPS) is 20.1. The van der Waals surface area contributed by atoms with E-state index in [9.17, 15) is 30.0 Å². The van der Waals surface area contributed by atoms with Gasteiger partial charge in [0.1, 0.15) is 0 Å². The van der Waals surface area contributed by atoms with Gasteiger partial charge in [-0.15, -0.1) is 0 Å². The van der Waals surface area contributed by atoms with Crippen molar-refractivity contribution in [2.24, 2.45) is 5.92 Å². The van der Waals surface area contributed by atoms with Gasteiger partial charge >= 0.3 is 15.6 Å². The number of pyridine rings is 1. The molecule has 34 heavy (non-hydrogen) atoms. The molecule has 7 nitrogen and oxygen atoms in total. The SMILES string of the molecule is CS(=O)(=O)N1CCC(C2c3ccc(Cl)cc3C=C(OS(=O)(=O)C(F)(F)F)c3cccnc32)CC1. The average Bonchev–Trinajstić information content (AvgIpc) is 2.86. The highest BCUT2D eigenvalue weighted by Gasteiger charge is 2.49. The van der Waals surface area contributed by atoms with Gasteiger partial charge in [0.2, 0.25) is 10.0 Å². The Hall–Kier alpha value is -2.15. The third-order valence-corrected chi connectivity index (χ3v) is 8.50. The Morgan fingerprint density at radius 3 is 2.41 bits per heavy atom. The van der Waals surface area contributed by atoms with E-state index in [1.807, 2.05) is 0 Å². The van der Waals surface area contributed by atoms with Crippen molar-refractivity contribution in [3.63, 3.8) is 0 Å². The molecule has 1 atom stereocenters. The number of benzene rings is 1. The topological polar surface area (TPSA) is 93.6 Å². The van der Waals surface area contributed by atoms with Crippen LogP contribution in [0.15, 0.2) is 36.5 Å². The van der Waals surface area contributed by atoms with Crippen LogP contribution < -0.4 is 0 Å². The quantitative estimate of drug-likeness (QED) is 0.429. The molecule has 1 fully saturated rings. The van der Waals surface area contributed by atoms with Crippen LogP contribution in [0.25, 0.3) is 11.8 Å². The Labute approximate surface area is 200 Å². The van der Waals surface area contributed by atoms with Crippen LogP contribution in [0.4, 0.5) is 13.2 Å². The van der Waals surface area contributed by atoms with Gasteiger partial charge < -0.3 is 4.18 Å². The van der Waals surface area contributed by atoms with E-state index in [0.717, 1.165) is 6.26 Å². The lowest BCUT2D eigenvalue weighted by Gasteiger charge is -2.35. The summed E-state index contributed by atoms with van der Waals surface area (Å²) in [5, 5.41) is 0.303. The number of hydrogen-bond acceptors (Lipinski definition) is 6. The fourth-order valence-electron chi connectivity index (χ4n) is 4.45. The molecule has 1 saturated heterocycles. The van der Waals surface area contributed by atoms with Crippen molar-refractivity contribution in [2.75, 3.05) is 19.3 Å². The molecule has 0 amide bonds. The lowest BCUT2D eigenvalue weighted by molar-refractivity contribution is -0.0509. The van der Waals surface area contributed by atoms with Gasteiger partial charge in [0, 0.05) is 35.8 Å². The molecular formula is C21H20ClF3N2O5S2. The summed E-state index contributed by atoms with van der Waals surface area (Å²) in [4.78, 5) is 4.41. The lowest BCUT2D eigenvalue weighted by Crippen LogP contribution is -2.39. The van der Waals surface area contributed by atoms with Gasteiger partial charge in [-0.3, -0.25) is 4.98 Å². The van der Waals surface area contributed by atoms with Gasteiger partial charge in [-0.25, -0.2) is 12.7 Å². The van der Waals surface area contributed by atoms with Crippen LogP contribution in [-0.4, -0.2) is 51.0 Å². The fourth-order valence-corrected chi connectivity index (χ4v) is 5.97. The predicted octanol–water partition coefficient (Wildman–Crippen LogP) is 4.22. The molecule has 0 bridgehead atoms. The second-order valence-electron chi connectivity index (χ2n) is 8.18. The van der Waals surface area contributed by atoms with Crippen LogP contribution in [0, 0.1) is 5.92 Å². The maximum atomic E-state index is 13.1.